The van der Waals surface area contributed by atoms with E-state index < -0.39 is 0 Å². The van der Waals surface area contributed by atoms with Gasteiger partial charge >= 0.3 is 0 Å². The van der Waals surface area contributed by atoms with E-state index in [-0.39, 0.29) is 5.91 Å². The molecule has 0 aliphatic heterocycles. The standard InChI is InChI=1S/C23H21N3OS/c1-17-25-22(16-28-17)20-8-4-18(5-9-20)14-24-23(27)21-10-6-19(7-11-21)15-26-12-2-3-13-26/h2-13,16H,14-15H2,1H3,(H,24,27). The second-order valence-corrected chi connectivity index (χ2v) is 7.75. The van der Waals surface area contributed by atoms with E-state index in [4.69, 9.17) is 0 Å². The Kier molecular flexibility index (Phi) is 5.35. The molecular formula is C23H21N3OS. The molecule has 0 saturated heterocycles. The molecule has 0 fully saturated rings. The number of hydrogen-bond donors (Lipinski definition) is 1. The van der Waals surface area contributed by atoms with Gasteiger partial charge in [-0.1, -0.05) is 36.4 Å². The molecule has 0 aliphatic rings. The molecule has 0 aliphatic carbocycles. The van der Waals surface area contributed by atoms with Gasteiger partial charge < -0.3 is 9.88 Å². The summed E-state index contributed by atoms with van der Waals surface area (Å²) in [7, 11) is 0. The van der Waals surface area contributed by atoms with E-state index in [1.807, 2.05) is 80.0 Å². The normalized spacial score (nSPS) is 10.8. The highest BCUT2D eigenvalue weighted by atomic mass is 32.1. The molecule has 0 unspecified atom stereocenters. The minimum Gasteiger partial charge on any atom is -0.350 e. The van der Waals surface area contributed by atoms with Gasteiger partial charge in [0.25, 0.3) is 5.91 Å². The van der Waals surface area contributed by atoms with Crippen molar-refractivity contribution in [2.24, 2.45) is 0 Å². The number of carbonyl (C=O) groups excluding carboxylic acids is 1. The highest BCUT2D eigenvalue weighted by Gasteiger charge is 2.06. The van der Waals surface area contributed by atoms with E-state index in [2.05, 4.69) is 20.2 Å². The molecule has 0 atom stereocenters. The summed E-state index contributed by atoms with van der Waals surface area (Å²) in [4.78, 5) is 16.9. The summed E-state index contributed by atoms with van der Waals surface area (Å²) in [5.41, 5.74) is 5.00. The Morgan fingerprint density at radius 2 is 1.68 bits per heavy atom. The molecule has 1 N–H and O–H groups in total. The number of benzene rings is 2. The second kappa shape index (κ2) is 8.23. The van der Waals surface area contributed by atoms with Gasteiger partial charge in [-0.25, -0.2) is 4.98 Å². The van der Waals surface area contributed by atoms with E-state index >= 15 is 0 Å². The van der Waals surface area contributed by atoms with Crippen LogP contribution in [0.25, 0.3) is 11.3 Å². The van der Waals surface area contributed by atoms with Gasteiger partial charge in [-0.15, -0.1) is 11.3 Å². The van der Waals surface area contributed by atoms with E-state index in [0.29, 0.717) is 12.1 Å². The van der Waals surface area contributed by atoms with Gasteiger partial charge in [0, 0.05) is 42.0 Å². The first-order valence-electron chi connectivity index (χ1n) is 9.17. The SMILES string of the molecule is Cc1nc(-c2ccc(CNC(=O)c3ccc(Cn4cccc4)cc3)cc2)cs1. The Bertz CT molecular complexity index is 1050. The van der Waals surface area contributed by atoms with Crippen LogP contribution in [0.4, 0.5) is 0 Å². The van der Waals surface area contributed by atoms with Crippen LogP contribution >= 0.6 is 11.3 Å². The molecule has 2 aromatic carbocycles. The minimum atomic E-state index is -0.0632. The van der Waals surface area contributed by atoms with Crippen molar-refractivity contribution in [3.63, 3.8) is 0 Å². The fourth-order valence-electron chi connectivity index (χ4n) is 3.02. The highest BCUT2D eigenvalue weighted by molar-refractivity contribution is 7.09. The average Bonchev–Trinajstić information content (AvgIpc) is 3.39. The zero-order valence-corrected chi connectivity index (χ0v) is 16.4. The van der Waals surface area contributed by atoms with Crippen LogP contribution in [0.3, 0.4) is 0 Å². The molecule has 0 bridgehead atoms. The van der Waals surface area contributed by atoms with E-state index in [1.165, 1.54) is 5.56 Å². The van der Waals surface area contributed by atoms with Gasteiger partial charge in [-0.2, -0.15) is 0 Å². The summed E-state index contributed by atoms with van der Waals surface area (Å²) >= 11 is 1.65. The third-order valence-electron chi connectivity index (χ3n) is 4.57. The molecule has 0 saturated carbocycles. The lowest BCUT2D eigenvalue weighted by molar-refractivity contribution is 0.0951. The van der Waals surface area contributed by atoms with Crippen molar-refractivity contribution in [1.82, 2.24) is 14.9 Å². The fourth-order valence-corrected chi connectivity index (χ4v) is 3.64. The number of nitrogens with one attached hydrogen (secondary N) is 1. The lowest BCUT2D eigenvalue weighted by Gasteiger charge is -2.08. The topological polar surface area (TPSA) is 46.9 Å². The van der Waals surface area contributed by atoms with Crippen molar-refractivity contribution in [3.8, 4) is 11.3 Å². The number of hydrogen-bond acceptors (Lipinski definition) is 3. The molecule has 4 aromatic rings. The minimum absolute atomic E-state index is 0.0632. The maximum Gasteiger partial charge on any atom is 0.251 e. The molecule has 5 heteroatoms. The maximum atomic E-state index is 12.4. The summed E-state index contributed by atoms with van der Waals surface area (Å²) in [6.07, 6.45) is 4.06. The lowest BCUT2D eigenvalue weighted by Crippen LogP contribution is -2.22. The first-order valence-corrected chi connectivity index (χ1v) is 10.0. The van der Waals surface area contributed by atoms with Gasteiger partial charge in [0.15, 0.2) is 0 Å². The first kappa shape index (κ1) is 18.2. The first-order chi connectivity index (χ1) is 13.7. The molecule has 2 heterocycles. The van der Waals surface area contributed by atoms with Crippen LogP contribution in [0.1, 0.15) is 26.5 Å². The Morgan fingerprint density at radius 3 is 2.32 bits per heavy atom. The lowest BCUT2D eigenvalue weighted by atomic mass is 10.1. The number of carbonyl (C=O) groups is 1. The number of amides is 1. The Balaban J connectivity index is 1.33. The van der Waals surface area contributed by atoms with Gasteiger partial charge in [0.05, 0.1) is 10.7 Å². The quantitative estimate of drug-likeness (QED) is 0.512. The zero-order valence-electron chi connectivity index (χ0n) is 15.6. The van der Waals surface area contributed by atoms with Gasteiger partial charge in [-0.05, 0) is 42.3 Å². The molecule has 0 spiro atoms. The van der Waals surface area contributed by atoms with Crippen LogP contribution in [0, 0.1) is 6.92 Å². The maximum absolute atomic E-state index is 12.4. The van der Waals surface area contributed by atoms with E-state index in [0.717, 1.165) is 28.4 Å². The Labute approximate surface area is 168 Å². The third-order valence-corrected chi connectivity index (χ3v) is 5.34. The van der Waals surface area contributed by atoms with Crippen LogP contribution in [0.5, 0.6) is 0 Å². The zero-order chi connectivity index (χ0) is 19.3. The molecule has 28 heavy (non-hydrogen) atoms. The molecule has 1 amide bonds. The molecule has 140 valence electrons. The van der Waals surface area contributed by atoms with Crippen LogP contribution in [0.15, 0.2) is 78.4 Å². The Hall–Kier alpha value is -3.18. The summed E-state index contributed by atoms with van der Waals surface area (Å²) in [5.74, 6) is -0.0632. The predicted molar refractivity (Wildman–Crippen MR) is 113 cm³/mol. The van der Waals surface area contributed by atoms with Gasteiger partial charge in [-0.3, -0.25) is 4.79 Å². The van der Waals surface area contributed by atoms with Crippen LogP contribution in [0.2, 0.25) is 0 Å². The van der Waals surface area contributed by atoms with Crippen molar-refractivity contribution < 1.29 is 4.79 Å². The predicted octanol–water partition coefficient (Wildman–Crippen LogP) is 4.90. The number of thiazole rings is 1. The molecule has 2 aromatic heterocycles. The molecule has 4 nitrogen and oxygen atoms in total. The van der Waals surface area contributed by atoms with E-state index in [9.17, 15) is 4.79 Å². The summed E-state index contributed by atoms with van der Waals surface area (Å²) in [6.45, 7) is 3.31. The van der Waals surface area contributed by atoms with Crippen LogP contribution < -0.4 is 5.32 Å². The molecule has 0 radical (unpaired) electrons. The summed E-state index contributed by atoms with van der Waals surface area (Å²) in [5, 5.41) is 6.11. The second-order valence-electron chi connectivity index (χ2n) is 6.68. The van der Waals surface area contributed by atoms with Crippen LogP contribution in [-0.4, -0.2) is 15.5 Å². The van der Waals surface area contributed by atoms with Gasteiger partial charge in [0.1, 0.15) is 0 Å². The number of aromatic nitrogens is 2. The van der Waals surface area contributed by atoms with Crippen molar-refractivity contribution in [2.75, 3.05) is 0 Å². The smallest absolute Gasteiger partial charge is 0.251 e. The third kappa shape index (κ3) is 4.38. The Morgan fingerprint density at radius 1 is 1.00 bits per heavy atom. The summed E-state index contributed by atoms with van der Waals surface area (Å²) in [6, 6.07) is 19.9. The van der Waals surface area contributed by atoms with E-state index in [1.54, 1.807) is 11.3 Å². The largest absolute Gasteiger partial charge is 0.350 e. The van der Waals surface area contributed by atoms with Crippen molar-refractivity contribution >= 4 is 17.2 Å². The number of rotatable bonds is 6. The fraction of sp³-hybridized carbons (Fsp3) is 0.130. The van der Waals surface area contributed by atoms with Gasteiger partial charge in [0.2, 0.25) is 0 Å². The molecular weight excluding hydrogens is 366 g/mol. The van der Waals surface area contributed by atoms with Crippen molar-refractivity contribution in [3.05, 3.63) is 100 Å². The van der Waals surface area contributed by atoms with Crippen molar-refractivity contribution in [2.45, 2.75) is 20.0 Å². The number of nitrogens with zero attached hydrogens (tertiary/aromatic N) is 2. The summed E-state index contributed by atoms with van der Waals surface area (Å²) < 4.78 is 2.10. The highest BCUT2D eigenvalue weighted by Crippen LogP contribution is 2.21. The van der Waals surface area contributed by atoms with Crippen molar-refractivity contribution in [1.29, 1.82) is 0 Å². The average molecular weight is 388 g/mol. The van der Waals surface area contributed by atoms with Crippen LogP contribution in [-0.2, 0) is 13.1 Å². The monoisotopic (exact) mass is 387 g/mol. The molecule has 4 rings (SSSR count). The number of aryl methyl sites for hydroxylation is 1.